The molecule has 0 saturated heterocycles. The minimum atomic E-state index is 0.945. The summed E-state index contributed by atoms with van der Waals surface area (Å²) < 4.78 is 4.74. The fourth-order valence-electron chi connectivity index (χ4n) is 13.0. The van der Waals surface area contributed by atoms with Crippen molar-refractivity contribution in [3.63, 3.8) is 0 Å². The summed E-state index contributed by atoms with van der Waals surface area (Å²) in [6, 6.07) is 118. The van der Waals surface area contributed by atoms with Crippen LogP contribution in [0.2, 0.25) is 0 Å². The maximum absolute atomic E-state index is 5.34. The Bertz CT molecular complexity index is 5170. The van der Waals surface area contributed by atoms with E-state index < -0.39 is 0 Å². The number of anilines is 6. The van der Waals surface area contributed by atoms with Crippen molar-refractivity contribution in [2.45, 2.75) is 6.92 Å². The van der Waals surface area contributed by atoms with E-state index in [0.717, 1.165) is 84.3 Å². The first-order chi connectivity index (χ1) is 43.0. The molecule has 16 rings (SSSR count). The monoisotopic (exact) mass is 1110 g/mol. The minimum absolute atomic E-state index is 0.945. The number of hydrogen-bond donors (Lipinski definition) is 0. The zero-order chi connectivity index (χ0) is 57.8. The van der Waals surface area contributed by atoms with E-state index in [4.69, 9.17) is 4.98 Å². The van der Waals surface area contributed by atoms with Crippen molar-refractivity contribution in [3.05, 3.63) is 333 Å². The predicted molar refractivity (Wildman–Crippen MR) is 366 cm³/mol. The molecule has 0 fully saturated rings. The number of hydrogen-bond acceptors (Lipinski definition) is 3. The van der Waals surface area contributed by atoms with Gasteiger partial charge < -0.3 is 18.9 Å². The van der Waals surface area contributed by atoms with Crippen LogP contribution in [0.1, 0.15) is 5.56 Å². The molecule has 0 radical (unpaired) electrons. The van der Waals surface area contributed by atoms with Crippen molar-refractivity contribution in [2.75, 3.05) is 9.80 Å². The van der Waals surface area contributed by atoms with Gasteiger partial charge in [-0.1, -0.05) is 194 Å². The van der Waals surface area contributed by atoms with Gasteiger partial charge in [0.1, 0.15) is 0 Å². The lowest BCUT2D eigenvalue weighted by Gasteiger charge is -2.26. The molecule has 0 N–H and O–H groups in total. The van der Waals surface area contributed by atoms with Crippen molar-refractivity contribution in [1.29, 1.82) is 0 Å². The summed E-state index contributed by atoms with van der Waals surface area (Å²) in [6.07, 6.45) is 0. The largest absolute Gasteiger partial charge is 0.310 e. The van der Waals surface area contributed by atoms with E-state index in [1.807, 2.05) is 0 Å². The summed E-state index contributed by atoms with van der Waals surface area (Å²) in [5.74, 6) is 0. The second-order valence-electron chi connectivity index (χ2n) is 22.4. The van der Waals surface area contributed by atoms with Crippen molar-refractivity contribution < 1.29 is 0 Å². The highest BCUT2D eigenvalue weighted by Gasteiger charge is 2.21. The van der Waals surface area contributed by atoms with Crippen molar-refractivity contribution in [1.82, 2.24) is 14.1 Å². The van der Waals surface area contributed by atoms with Crippen molar-refractivity contribution in [2.24, 2.45) is 0 Å². The summed E-state index contributed by atoms with van der Waals surface area (Å²) in [6.45, 7) is 2.21. The molecule has 0 spiro atoms. The third-order valence-corrected chi connectivity index (χ3v) is 17.2. The van der Waals surface area contributed by atoms with Gasteiger partial charge in [0.25, 0.3) is 0 Å². The predicted octanol–water partition coefficient (Wildman–Crippen LogP) is 22.3. The van der Waals surface area contributed by atoms with Crippen LogP contribution in [0.3, 0.4) is 0 Å². The van der Waals surface area contributed by atoms with Gasteiger partial charge in [-0.15, -0.1) is 0 Å². The fourth-order valence-corrected chi connectivity index (χ4v) is 13.0. The van der Waals surface area contributed by atoms with Crippen LogP contribution in [0, 0.1) is 6.92 Å². The molecule has 0 unspecified atom stereocenters. The SMILES string of the molecule is Cc1cc(-c2ccc(-c3ccc(N(c4ccc(-c5ccccc5)cc4)c4ccc5c(c4)c4ccccc4n5-c4ccccc4)cc3)cc2)nc2ccc(N(c3ccc(-c4ccccc4)cc3)c3ccc4c(c3)c3ccccc3n4-c3ccccc3)cc12. The van der Waals surface area contributed by atoms with Gasteiger partial charge in [0.05, 0.1) is 33.3 Å². The average molecular weight is 1110 g/mol. The maximum Gasteiger partial charge on any atom is 0.0713 e. The summed E-state index contributed by atoms with van der Waals surface area (Å²) in [5, 5.41) is 5.95. The Morgan fingerprint density at radius 3 is 0.989 bits per heavy atom. The van der Waals surface area contributed by atoms with Gasteiger partial charge in [0, 0.05) is 78.0 Å². The Kier molecular flexibility index (Phi) is 12.7. The molecule has 0 aliphatic carbocycles. The van der Waals surface area contributed by atoms with Crippen LogP contribution in [0.5, 0.6) is 0 Å². The minimum Gasteiger partial charge on any atom is -0.310 e. The molecule has 5 heteroatoms. The molecule has 0 aliphatic heterocycles. The molecule has 0 bridgehead atoms. The highest BCUT2D eigenvalue weighted by atomic mass is 15.1. The number of para-hydroxylation sites is 4. The highest BCUT2D eigenvalue weighted by molar-refractivity contribution is 6.12. The Labute approximate surface area is 505 Å². The van der Waals surface area contributed by atoms with Gasteiger partial charge in [-0.2, -0.15) is 0 Å². The Morgan fingerprint density at radius 2 is 0.552 bits per heavy atom. The first-order valence-electron chi connectivity index (χ1n) is 29.8. The van der Waals surface area contributed by atoms with Crippen LogP contribution >= 0.6 is 0 Å². The van der Waals surface area contributed by atoms with Gasteiger partial charge in [-0.3, -0.25) is 0 Å². The molecule has 3 heterocycles. The quantitative estimate of drug-likeness (QED) is 0.122. The third-order valence-electron chi connectivity index (χ3n) is 17.2. The lowest BCUT2D eigenvalue weighted by molar-refractivity contribution is 1.18. The van der Waals surface area contributed by atoms with Crippen LogP contribution in [0.15, 0.2) is 328 Å². The van der Waals surface area contributed by atoms with Crippen LogP contribution in [-0.2, 0) is 0 Å². The summed E-state index contributed by atoms with van der Waals surface area (Å²) in [5.41, 5.74) is 24.6. The number of nitrogens with zero attached hydrogens (tertiary/aromatic N) is 5. The summed E-state index contributed by atoms with van der Waals surface area (Å²) >= 11 is 0. The maximum atomic E-state index is 5.34. The molecular weight excluding hydrogens is 1050 g/mol. The average Bonchev–Trinajstić information content (AvgIpc) is 2.11. The summed E-state index contributed by atoms with van der Waals surface area (Å²) in [7, 11) is 0. The van der Waals surface area contributed by atoms with E-state index in [1.54, 1.807) is 0 Å². The molecule has 0 saturated carbocycles. The van der Waals surface area contributed by atoms with E-state index in [2.05, 4.69) is 353 Å². The standard InChI is InChI=1S/C82H57N5/c1-56-52-78(83-77-49-46-69(53-74(56)77)85(68-44-36-61(37-45-68)58-20-8-3-9-21-58)71-48-51-82-76(55-71)73-27-15-17-29-80(73)87(82)65-24-12-5-13-25-65)63-32-30-59(31-33-63)62-38-42-67(43-39-62)84(66-40-34-60(35-41-66)57-18-6-2-7-19-57)70-47-50-81-75(54-70)72-26-14-16-28-79(72)86(81)64-22-10-4-11-23-64/h2-55H,1H3. The number of benzene rings is 13. The molecule has 0 aliphatic rings. The van der Waals surface area contributed by atoms with Gasteiger partial charge in [-0.25, -0.2) is 4.98 Å². The smallest absolute Gasteiger partial charge is 0.0713 e. The Morgan fingerprint density at radius 1 is 0.241 bits per heavy atom. The van der Waals surface area contributed by atoms with Crippen LogP contribution in [0.25, 0.3) is 111 Å². The fraction of sp³-hybridized carbons (Fsp3) is 0.0122. The van der Waals surface area contributed by atoms with Gasteiger partial charge in [0.2, 0.25) is 0 Å². The Balaban J connectivity index is 0.723. The van der Waals surface area contributed by atoms with Crippen LogP contribution in [-0.4, -0.2) is 14.1 Å². The third kappa shape index (κ3) is 9.26. The number of rotatable bonds is 12. The van der Waals surface area contributed by atoms with E-state index in [0.29, 0.717) is 0 Å². The van der Waals surface area contributed by atoms with Gasteiger partial charge in [-0.05, 0) is 179 Å². The second kappa shape index (κ2) is 21.6. The molecule has 87 heavy (non-hydrogen) atoms. The molecule has 5 nitrogen and oxygen atoms in total. The van der Waals surface area contributed by atoms with Gasteiger partial charge >= 0.3 is 0 Å². The van der Waals surface area contributed by atoms with Gasteiger partial charge in [0.15, 0.2) is 0 Å². The number of fused-ring (bicyclic) bond motifs is 7. The van der Waals surface area contributed by atoms with E-state index in [-0.39, 0.29) is 0 Å². The zero-order valence-electron chi connectivity index (χ0n) is 47.9. The zero-order valence-corrected chi connectivity index (χ0v) is 47.9. The molecule has 0 atom stereocenters. The summed E-state index contributed by atoms with van der Waals surface area (Å²) in [4.78, 5) is 10.1. The second-order valence-corrected chi connectivity index (χ2v) is 22.4. The number of pyridine rings is 1. The number of aryl methyl sites for hydroxylation is 1. The first-order valence-corrected chi connectivity index (χ1v) is 29.8. The lowest BCUT2D eigenvalue weighted by atomic mass is 10.00. The van der Waals surface area contributed by atoms with E-state index in [9.17, 15) is 0 Å². The molecule has 13 aromatic carbocycles. The van der Waals surface area contributed by atoms with Crippen molar-refractivity contribution in [3.8, 4) is 56.0 Å². The molecule has 16 aromatic rings. The Hall–Kier alpha value is -11.5. The molecule has 410 valence electrons. The molecule has 3 aromatic heterocycles. The topological polar surface area (TPSA) is 29.2 Å². The van der Waals surface area contributed by atoms with Crippen LogP contribution in [0.4, 0.5) is 34.1 Å². The van der Waals surface area contributed by atoms with E-state index >= 15 is 0 Å². The lowest BCUT2D eigenvalue weighted by Crippen LogP contribution is -2.10. The molecule has 0 amide bonds. The highest BCUT2D eigenvalue weighted by Crippen LogP contribution is 2.44. The normalized spacial score (nSPS) is 11.5. The first kappa shape index (κ1) is 51.1. The van der Waals surface area contributed by atoms with E-state index in [1.165, 1.54) is 65.9 Å². The molecular formula is C82H57N5. The van der Waals surface area contributed by atoms with Crippen molar-refractivity contribution >= 4 is 88.6 Å². The van der Waals surface area contributed by atoms with Crippen LogP contribution < -0.4 is 9.80 Å². The number of aromatic nitrogens is 3.